The van der Waals surface area contributed by atoms with Gasteiger partial charge in [-0.3, -0.25) is 9.78 Å². The van der Waals surface area contributed by atoms with Gasteiger partial charge in [-0.15, -0.1) is 0 Å². The van der Waals surface area contributed by atoms with Crippen molar-refractivity contribution in [2.45, 2.75) is 6.92 Å². The summed E-state index contributed by atoms with van der Waals surface area (Å²) >= 11 is 0. The van der Waals surface area contributed by atoms with Crippen LogP contribution < -0.4 is 11.1 Å². The monoisotopic (exact) mass is 263 g/mol. The van der Waals surface area contributed by atoms with E-state index in [1.54, 1.807) is 19.2 Å². The Morgan fingerprint density at radius 1 is 1.32 bits per heavy atom. The maximum Gasteiger partial charge on any atom is 0.257 e. The zero-order valence-electron chi connectivity index (χ0n) is 10.1. The quantitative estimate of drug-likeness (QED) is 0.818. The summed E-state index contributed by atoms with van der Waals surface area (Å²) in [5.74, 6) is -2.81. The highest BCUT2D eigenvalue weighted by Crippen LogP contribution is 2.19. The number of pyridine rings is 1. The molecular formula is C13H11F2N3O. The highest BCUT2D eigenvalue weighted by molar-refractivity contribution is 6.08. The SMILES string of the molecule is Cc1cnccc1NC(=O)c1cc(F)c(F)cc1N. The molecule has 0 saturated carbocycles. The van der Waals surface area contributed by atoms with E-state index in [9.17, 15) is 13.6 Å². The molecular weight excluding hydrogens is 252 g/mol. The van der Waals surface area contributed by atoms with E-state index in [-0.39, 0.29) is 11.3 Å². The molecule has 0 bridgehead atoms. The number of halogens is 2. The van der Waals surface area contributed by atoms with Crippen molar-refractivity contribution in [3.05, 3.63) is 53.4 Å². The summed E-state index contributed by atoms with van der Waals surface area (Å²) in [4.78, 5) is 15.8. The zero-order chi connectivity index (χ0) is 14.0. The molecule has 1 aromatic carbocycles. The average molecular weight is 263 g/mol. The molecule has 0 saturated heterocycles. The van der Waals surface area contributed by atoms with Crippen LogP contribution in [-0.4, -0.2) is 10.9 Å². The number of carbonyl (C=O) groups is 1. The predicted octanol–water partition coefficient (Wildman–Crippen LogP) is 2.50. The normalized spacial score (nSPS) is 10.3. The molecule has 2 rings (SSSR count). The lowest BCUT2D eigenvalue weighted by Gasteiger charge is -2.09. The van der Waals surface area contributed by atoms with E-state index in [1.807, 2.05) is 0 Å². The molecule has 1 heterocycles. The van der Waals surface area contributed by atoms with Gasteiger partial charge in [0.05, 0.1) is 5.56 Å². The van der Waals surface area contributed by atoms with Gasteiger partial charge in [-0.1, -0.05) is 0 Å². The minimum absolute atomic E-state index is 0.116. The number of nitrogens with two attached hydrogens (primary N) is 1. The van der Waals surface area contributed by atoms with Crippen LogP contribution in [0.2, 0.25) is 0 Å². The van der Waals surface area contributed by atoms with Crippen molar-refractivity contribution in [3.8, 4) is 0 Å². The Balaban J connectivity index is 2.31. The zero-order valence-corrected chi connectivity index (χ0v) is 10.1. The van der Waals surface area contributed by atoms with Crippen molar-refractivity contribution in [2.75, 3.05) is 11.1 Å². The van der Waals surface area contributed by atoms with Crippen LogP contribution in [0.1, 0.15) is 15.9 Å². The third kappa shape index (κ3) is 2.67. The number of carbonyl (C=O) groups excluding carboxylic acids is 1. The van der Waals surface area contributed by atoms with E-state index in [1.165, 1.54) is 6.20 Å². The van der Waals surface area contributed by atoms with Crippen LogP contribution >= 0.6 is 0 Å². The Labute approximate surface area is 108 Å². The molecule has 0 spiro atoms. The molecule has 3 N–H and O–H groups in total. The topological polar surface area (TPSA) is 68.0 Å². The van der Waals surface area contributed by atoms with Crippen molar-refractivity contribution in [2.24, 2.45) is 0 Å². The number of hydrogen-bond acceptors (Lipinski definition) is 3. The number of aromatic nitrogens is 1. The Kier molecular flexibility index (Phi) is 3.41. The molecule has 98 valence electrons. The molecule has 1 aromatic heterocycles. The number of nitrogen functional groups attached to an aromatic ring is 1. The van der Waals surface area contributed by atoms with Crippen molar-refractivity contribution in [1.82, 2.24) is 4.98 Å². The lowest BCUT2D eigenvalue weighted by molar-refractivity contribution is 0.102. The highest BCUT2D eigenvalue weighted by Gasteiger charge is 2.15. The molecule has 1 amide bonds. The van der Waals surface area contributed by atoms with Crippen LogP contribution in [0.4, 0.5) is 20.2 Å². The van der Waals surface area contributed by atoms with E-state index in [0.717, 1.165) is 17.7 Å². The lowest BCUT2D eigenvalue weighted by atomic mass is 10.1. The summed E-state index contributed by atoms with van der Waals surface area (Å²) in [5, 5.41) is 2.57. The number of anilines is 2. The first kappa shape index (κ1) is 12.9. The first-order chi connectivity index (χ1) is 8.99. The van der Waals surface area contributed by atoms with E-state index >= 15 is 0 Å². The van der Waals surface area contributed by atoms with Gasteiger partial charge in [-0.2, -0.15) is 0 Å². The molecule has 19 heavy (non-hydrogen) atoms. The summed E-state index contributed by atoms with van der Waals surface area (Å²) in [5.41, 5.74) is 6.54. The third-order valence-corrected chi connectivity index (χ3v) is 2.61. The molecule has 2 aromatic rings. The molecule has 0 aliphatic carbocycles. The van der Waals surface area contributed by atoms with Gasteiger partial charge in [-0.25, -0.2) is 8.78 Å². The van der Waals surface area contributed by atoms with Crippen LogP contribution in [0, 0.1) is 18.6 Å². The molecule has 0 aliphatic heterocycles. The summed E-state index contributed by atoms with van der Waals surface area (Å²) in [6, 6.07) is 3.16. The number of nitrogens with one attached hydrogen (secondary N) is 1. The largest absolute Gasteiger partial charge is 0.398 e. The Hall–Kier alpha value is -2.50. The van der Waals surface area contributed by atoms with Gasteiger partial charge in [0, 0.05) is 29.8 Å². The van der Waals surface area contributed by atoms with E-state index in [4.69, 9.17) is 5.73 Å². The summed E-state index contributed by atoms with van der Waals surface area (Å²) in [6.45, 7) is 1.76. The van der Waals surface area contributed by atoms with Gasteiger partial charge in [0.15, 0.2) is 11.6 Å². The summed E-state index contributed by atoms with van der Waals surface area (Å²) in [7, 11) is 0. The Morgan fingerprint density at radius 3 is 2.68 bits per heavy atom. The number of aryl methyl sites for hydroxylation is 1. The number of rotatable bonds is 2. The minimum atomic E-state index is -1.12. The summed E-state index contributed by atoms with van der Waals surface area (Å²) < 4.78 is 26.0. The second-order valence-corrected chi connectivity index (χ2v) is 4.00. The van der Waals surface area contributed by atoms with Crippen LogP contribution in [-0.2, 0) is 0 Å². The molecule has 0 radical (unpaired) electrons. The van der Waals surface area contributed by atoms with Crippen molar-refractivity contribution >= 4 is 17.3 Å². The van der Waals surface area contributed by atoms with Gasteiger partial charge >= 0.3 is 0 Å². The number of amides is 1. The Bertz CT molecular complexity index is 644. The third-order valence-electron chi connectivity index (χ3n) is 2.61. The van der Waals surface area contributed by atoms with Gasteiger partial charge in [0.2, 0.25) is 0 Å². The predicted molar refractivity (Wildman–Crippen MR) is 67.7 cm³/mol. The molecule has 0 unspecified atom stereocenters. The molecule has 6 heteroatoms. The second-order valence-electron chi connectivity index (χ2n) is 4.00. The number of benzene rings is 1. The molecule has 0 aliphatic rings. The minimum Gasteiger partial charge on any atom is -0.398 e. The van der Waals surface area contributed by atoms with Crippen molar-refractivity contribution in [3.63, 3.8) is 0 Å². The van der Waals surface area contributed by atoms with E-state index in [2.05, 4.69) is 10.3 Å². The first-order valence-corrected chi connectivity index (χ1v) is 5.45. The van der Waals surface area contributed by atoms with Crippen molar-refractivity contribution in [1.29, 1.82) is 0 Å². The average Bonchev–Trinajstić information content (AvgIpc) is 2.36. The van der Waals surface area contributed by atoms with Crippen LogP contribution in [0.15, 0.2) is 30.6 Å². The van der Waals surface area contributed by atoms with Crippen LogP contribution in [0.5, 0.6) is 0 Å². The fourth-order valence-electron chi connectivity index (χ4n) is 1.56. The second kappa shape index (κ2) is 5.01. The molecule has 0 atom stereocenters. The number of nitrogens with zero attached hydrogens (tertiary/aromatic N) is 1. The first-order valence-electron chi connectivity index (χ1n) is 5.45. The highest BCUT2D eigenvalue weighted by atomic mass is 19.2. The maximum absolute atomic E-state index is 13.1. The maximum atomic E-state index is 13.1. The van der Waals surface area contributed by atoms with Gasteiger partial charge in [-0.05, 0) is 24.6 Å². The number of hydrogen-bond donors (Lipinski definition) is 2. The standard InChI is InChI=1S/C13H11F2N3O/c1-7-6-17-3-2-12(7)18-13(19)8-4-9(14)10(15)5-11(8)16/h2-6H,16H2,1H3,(H,17,18,19). The lowest BCUT2D eigenvalue weighted by Crippen LogP contribution is -2.15. The van der Waals surface area contributed by atoms with Gasteiger partial charge < -0.3 is 11.1 Å². The fraction of sp³-hybridized carbons (Fsp3) is 0.0769. The van der Waals surface area contributed by atoms with Crippen LogP contribution in [0.25, 0.3) is 0 Å². The smallest absolute Gasteiger partial charge is 0.257 e. The molecule has 0 fully saturated rings. The van der Waals surface area contributed by atoms with Crippen molar-refractivity contribution < 1.29 is 13.6 Å². The van der Waals surface area contributed by atoms with Crippen LogP contribution in [0.3, 0.4) is 0 Å². The van der Waals surface area contributed by atoms with Gasteiger partial charge in [0.1, 0.15) is 0 Å². The van der Waals surface area contributed by atoms with E-state index < -0.39 is 17.5 Å². The summed E-state index contributed by atoms with van der Waals surface area (Å²) in [6.07, 6.45) is 3.08. The Morgan fingerprint density at radius 2 is 2.00 bits per heavy atom. The fourth-order valence-corrected chi connectivity index (χ4v) is 1.56. The van der Waals surface area contributed by atoms with Gasteiger partial charge in [0.25, 0.3) is 5.91 Å². The van der Waals surface area contributed by atoms with E-state index in [0.29, 0.717) is 5.69 Å². The molecule has 4 nitrogen and oxygen atoms in total.